The lowest BCUT2D eigenvalue weighted by Gasteiger charge is -2.18. The molecule has 1 aliphatic rings. The molecule has 0 radical (unpaired) electrons. The maximum Gasteiger partial charge on any atom is 0.303 e. The zero-order valence-electron chi connectivity index (χ0n) is 24.5. The quantitative estimate of drug-likeness (QED) is 0.122. The molecule has 0 aromatic heterocycles. The Hall–Kier alpha value is -4.10. The van der Waals surface area contributed by atoms with E-state index in [2.05, 4.69) is 38.3 Å². The fraction of sp³-hybridized carbons (Fsp3) is 0.286. The number of thioether (sulfide) groups is 1. The van der Waals surface area contributed by atoms with E-state index in [0.29, 0.717) is 31.3 Å². The third-order valence-electron chi connectivity index (χ3n) is 6.99. The lowest BCUT2D eigenvalue weighted by Crippen LogP contribution is -2.09. The largest absolute Gasteiger partial charge is 0.494 e. The van der Waals surface area contributed by atoms with E-state index in [4.69, 9.17) is 23.7 Å². The summed E-state index contributed by atoms with van der Waals surface area (Å²) in [4.78, 5) is 11.4. The smallest absolute Gasteiger partial charge is 0.303 e. The first-order valence-corrected chi connectivity index (χ1v) is 15.5. The van der Waals surface area contributed by atoms with Gasteiger partial charge in [0, 0.05) is 24.1 Å². The van der Waals surface area contributed by atoms with Gasteiger partial charge in [0.1, 0.15) is 42.0 Å². The number of benzene rings is 4. The van der Waals surface area contributed by atoms with Crippen LogP contribution in [-0.4, -0.2) is 31.2 Å². The van der Waals surface area contributed by atoms with Gasteiger partial charge in [-0.2, -0.15) is 11.8 Å². The van der Waals surface area contributed by atoms with E-state index < -0.39 is 0 Å². The fourth-order valence-corrected chi connectivity index (χ4v) is 5.51. The molecular weight excluding hydrogens is 548 g/mol. The van der Waals surface area contributed by atoms with Gasteiger partial charge in [-0.1, -0.05) is 24.3 Å². The number of hydrogen-bond donors (Lipinski definition) is 0. The van der Waals surface area contributed by atoms with Crippen molar-refractivity contribution in [3.05, 3.63) is 101 Å². The summed E-state index contributed by atoms with van der Waals surface area (Å²) in [6, 6.07) is 25.8. The van der Waals surface area contributed by atoms with Crippen molar-refractivity contribution >= 4 is 17.7 Å². The molecule has 218 valence electrons. The molecule has 0 saturated carbocycles. The first-order chi connectivity index (χ1) is 20.4. The molecule has 0 spiro atoms. The maximum atomic E-state index is 11.4. The maximum absolute atomic E-state index is 11.4. The number of esters is 1. The standard InChI is InChI=1S/C35H36O6S/c1-23-17-29(37-15-8-16-42-4)18-24(2)35(23)31-19-26(11-14-32(31)41-27-9-6-5-7-10-27)21-38-28-12-13-30-33(20-28)39-22-34(30)40-25(3)36/h5-7,9-14,17-20,34H,8,15-16,21-22H2,1-4H3/t34-/m1/s1. The highest BCUT2D eigenvalue weighted by Crippen LogP contribution is 2.40. The van der Waals surface area contributed by atoms with Crippen molar-refractivity contribution in [1.82, 2.24) is 0 Å². The summed E-state index contributed by atoms with van der Waals surface area (Å²) >= 11 is 1.83. The second-order valence-electron chi connectivity index (χ2n) is 10.3. The van der Waals surface area contributed by atoms with Crippen LogP contribution >= 0.6 is 11.8 Å². The molecule has 0 bridgehead atoms. The Bertz CT molecular complexity index is 1510. The molecule has 0 unspecified atom stereocenters. The van der Waals surface area contributed by atoms with Crippen LogP contribution in [0.1, 0.15) is 41.7 Å². The summed E-state index contributed by atoms with van der Waals surface area (Å²) in [5, 5.41) is 0. The Labute approximate surface area is 251 Å². The summed E-state index contributed by atoms with van der Waals surface area (Å²) in [7, 11) is 0. The van der Waals surface area contributed by atoms with Gasteiger partial charge in [-0.3, -0.25) is 4.79 Å². The second-order valence-corrected chi connectivity index (χ2v) is 11.3. The van der Waals surface area contributed by atoms with Crippen LogP contribution < -0.4 is 18.9 Å². The van der Waals surface area contributed by atoms with E-state index in [-0.39, 0.29) is 12.1 Å². The lowest BCUT2D eigenvalue weighted by molar-refractivity contribution is -0.147. The molecule has 7 heteroatoms. The topological polar surface area (TPSA) is 63.2 Å². The van der Waals surface area contributed by atoms with Crippen molar-refractivity contribution in [2.24, 2.45) is 0 Å². The molecule has 0 N–H and O–H groups in total. The SMILES string of the molecule is CSCCCOc1cc(C)c(-c2cc(COc3ccc4c(c3)OC[C@H]4OC(C)=O)ccc2Oc2ccccc2)c(C)c1. The fourth-order valence-electron chi connectivity index (χ4n) is 5.11. The highest BCUT2D eigenvalue weighted by atomic mass is 32.2. The van der Waals surface area contributed by atoms with Crippen LogP contribution in [0.25, 0.3) is 11.1 Å². The molecule has 0 saturated heterocycles. The van der Waals surface area contributed by atoms with Crippen molar-refractivity contribution in [3.63, 3.8) is 0 Å². The van der Waals surface area contributed by atoms with Crippen molar-refractivity contribution in [1.29, 1.82) is 0 Å². The van der Waals surface area contributed by atoms with E-state index in [1.54, 1.807) is 0 Å². The third kappa shape index (κ3) is 7.21. The van der Waals surface area contributed by atoms with E-state index in [1.165, 1.54) is 6.92 Å². The number of ether oxygens (including phenoxy) is 5. The number of rotatable bonds is 12. The Morgan fingerprint density at radius 2 is 1.69 bits per heavy atom. The van der Waals surface area contributed by atoms with Crippen LogP contribution in [0.15, 0.2) is 78.9 Å². The van der Waals surface area contributed by atoms with Crippen LogP contribution in [0, 0.1) is 13.8 Å². The van der Waals surface area contributed by atoms with Gasteiger partial charge in [0.25, 0.3) is 0 Å². The normalized spacial score (nSPS) is 13.7. The van der Waals surface area contributed by atoms with Gasteiger partial charge in [-0.15, -0.1) is 0 Å². The predicted octanol–water partition coefficient (Wildman–Crippen LogP) is 8.47. The highest BCUT2D eigenvalue weighted by molar-refractivity contribution is 7.98. The minimum atomic E-state index is -0.384. The van der Waals surface area contributed by atoms with E-state index in [1.807, 2.05) is 72.4 Å². The summed E-state index contributed by atoms with van der Waals surface area (Å²) in [5.74, 6) is 4.54. The zero-order valence-corrected chi connectivity index (χ0v) is 25.3. The monoisotopic (exact) mass is 584 g/mol. The number of aryl methyl sites for hydroxylation is 2. The van der Waals surface area contributed by atoms with Gasteiger partial charge in [0.05, 0.1) is 6.61 Å². The molecule has 0 aliphatic carbocycles. The van der Waals surface area contributed by atoms with E-state index in [9.17, 15) is 4.79 Å². The van der Waals surface area contributed by atoms with Gasteiger partial charge in [0.2, 0.25) is 0 Å². The van der Waals surface area contributed by atoms with Gasteiger partial charge in [-0.05, 0) is 103 Å². The Balaban J connectivity index is 1.40. The van der Waals surface area contributed by atoms with E-state index in [0.717, 1.165) is 62.8 Å². The molecule has 4 aromatic carbocycles. The first kappa shape index (κ1) is 29.4. The summed E-state index contributed by atoms with van der Waals surface area (Å²) in [6.07, 6.45) is 2.74. The molecule has 42 heavy (non-hydrogen) atoms. The van der Waals surface area contributed by atoms with Gasteiger partial charge < -0.3 is 23.7 Å². The second kappa shape index (κ2) is 13.7. The summed E-state index contributed by atoms with van der Waals surface area (Å²) in [6.45, 7) is 7.00. The molecule has 1 atom stereocenters. The summed E-state index contributed by atoms with van der Waals surface area (Å²) in [5.41, 5.74) is 6.19. The molecular formula is C35H36O6S. The number of para-hydroxylation sites is 1. The molecule has 1 aliphatic heterocycles. The van der Waals surface area contributed by atoms with Crippen LogP contribution in [0.2, 0.25) is 0 Å². The Kier molecular flexibility index (Phi) is 9.59. The molecule has 0 fully saturated rings. The predicted molar refractivity (Wildman–Crippen MR) is 167 cm³/mol. The van der Waals surface area contributed by atoms with Crippen molar-refractivity contribution in [3.8, 4) is 39.9 Å². The molecule has 6 nitrogen and oxygen atoms in total. The lowest BCUT2D eigenvalue weighted by atomic mass is 9.93. The average Bonchev–Trinajstić information content (AvgIpc) is 3.36. The van der Waals surface area contributed by atoms with Gasteiger partial charge >= 0.3 is 5.97 Å². The van der Waals surface area contributed by atoms with Gasteiger partial charge in [-0.25, -0.2) is 0 Å². The van der Waals surface area contributed by atoms with Crippen LogP contribution in [0.3, 0.4) is 0 Å². The minimum absolute atomic E-state index is 0.310. The summed E-state index contributed by atoms with van der Waals surface area (Å²) < 4.78 is 29.7. The molecule has 4 aromatic rings. The number of carbonyl (C=O) groups is 1. The van der Waals surface area contributed by atoms with Crippen molar-refractivity contribution in [2.45, 2.75) is 39.9 Å². The van der Waals surface area contributed by atoms with Crippen molar-refractivity contribution < 1.29 is 28.5 Å². The first-order valence-electron chi connectivity index (χ1n) is 14.1. The number of carbonyl (C=O) groups excluding carboxylic acids is 1. The van der Waals surface area contributed by atoms with Crippen LogP contribution in [0.5, 0.6) is 28.7 Å². The van der Waals surface area contributed by atoms with Gasteiger partial charge in [0.15, 0.2) is 6.10 Å². The van der Waals surface area contributed by atoms with Crippen LogP contribution in [0.4, 0.5) is 0 Å². The Morgan fingerprint density at radius 1 is 0.905 bits per heavy atom. The molecule has 1 heterocycles. The molecule has 0 amide bonds. The van der Waals surface area contributed by atoms with E-state index >= 15 is 0 Å². The Morgan fingerprint density at radius 3 is 2.43 bits per heavy atom. The zero-order chi connectivity index (χ0) is 29.5. The third-order valence-corrected chi connectivity index (χ3v) is 7.68. The highest BCUT2D eigenvalue weighted by Gasteiger charge is 2.27. The molecule has 5 rings (SSSR count). The van der Waals surface area contributed by atoms with Crippen molar-refractivity contribution in [2.75, 3.05) is 25.2 Å². The average molecular weight is 585 g/mol. The number of fused-ring (bicyclic) bond motifs is 1. The number of hydrogen-bond acceptors (Lipinski definition) is 7. The van der Waals surface area contributed by atoms with Crippen LogP contribution in [-0.2, 0) is 16.1 Å². The minimum Gasteiger partial charge on any atom is -0.494 e.